The number of quaternary nitrogens is 1. The molecule has 0 aliphatic heterocycles. The Kier molecular flexibility index (Phi) is 38.9. The van der Waals surface area contributed by atoms with Crippen LogP contribution in [0.15, 0.2) is 72.9 Å². The molecular formula is C49H89N2O6P. The number of allylic oxidation sites excluding steroid dienone is 12. The number of rotatable bonds is 41. The lowest BCUT2D eigenvalue weighted by molar-refractivity contribution is -0.870. The molecule has 0 spiro atoms. The Labute approximate surface area is 357 Å². The fourth-order valence-corrected chi connectivity index (χ4v) is 7.00. The first-order valence-corrected chi connectivity index (χ1v) is 24.7. The summed E-state index contributed by atoms with van der Waals surface area (Å²) in [7, 11) is 1.26. The highest BCUT2D eigenvalue weighted by Gasteiger charge is 2.24. The second kappa shape index (κ2) is 40.4. The summed E-state index contributed by atoms with van der Waals surface area (Å²) in [5.74, 6) is -0.210. The fraction of sp³-hybridized carbons (Fsp3) is 0.735. The Morgan fingerprint density at radius 2 is 1.05 bits per heavy atom. The highest BCUT2D eigenvalue weighted by atomic mass is 31.2. The molecule has 3 unspecified atom stereocenters. The van der Waals surface area contributed by atoms with E-state index in [0.717, 1.165) is 70.6 Å². The average molecular weight is 833 g/mol. The number of hydrogen-bond acceptors (Lipinski definition) is 6. The summed E-state index contributed by atoms with van der Waals surface area (Å²) in [6, 6.07) is -0.827. The van der Waals surface area contributed by atoms with Crippen molar-refractivity contribution in [2.24, 2.45) is 0 Å². The highest BCUT2D eigenvalue weighted by Crippen LogP contribution is 2.38. The largest absolute Gasteiger partial charge is 0.756 e. The van der Waals surface area contributed by atoms with Crippen LogP contribution in [0, 0.1) is 0 Å². The first-order chi connectivity index (χ1) is 28.0. The maximum atomic E-state index is 12.9. The van der Waals surface area contributed by atoms with Gasteiger partial charge in [0.1, 0.15) is 13.2 Å². The quantitative estimate of drug-likeness (QED) is 0.0275. The average Bonchev–Trinajstić information content (AvgIpc) is 3.17. The Hall–Kier alpha value is -2.06. The van der Waals surface area contributed by atoms with Gasteiger partial charge in [-0.3, -0.25) is 9.36 Å². The van der Waals surface area contributed by atoms with Crippen LogP contribution in [-0.4, -0.2) is 68.5 Å². The molecule has 3 atom stereocenters. The number of carbonyl (C=O) groups is 1. The van der Waals surface area contributed by atoms with Crippen molar-refractivity contribution >= 4 is 13.7 Å². The zero-order valence-corrected chi connectivity index (χ0v) is 38.9. The summed E-state index contributed by atoms with van der Waals surface area (Å²) in [5.41, 5.74) is 0. The number of amides is 1. The molecular weight excluding hydrogens is 744 g/mol. The van der Waals surface area contributed by atoms with Crippen LogP contribution in [0.25, 0.3) is 0 Å². The van der Waals surface area contributed by atoms with E-state index in [1.165, 1.54) is 77.0 Å². The van der Waals surface area contributed by atoms with E-state index >= 15 is 0 Å². The molecule has 0 fully saturated rings. The summed E-state index contributed by atoms with van der Waals surface area (Å²) < 4.78 is 23.3. The van der Waals surface area contributed by atoms with Crippen LogP contribution in [0.1, 0.15) is 181 Å². The van der Waals surface area contributed by atoms with E-state index in [-0.39, 0.29) is 19.1 Å². The molecule has 0 aliphatic carbocycles. The maximum absolute atomic E-state index is 12.9. The molecule has 0 saturated heterocycles. The molecule has 9 heteroatoms. The predicted octanol–water partition coefficient (Wildman–Crippen LogP) is 12.6. The molecule has 0 aromatic rings. The number of hydrogen-bond donors (Lipinski definition) is 2. The van der Waals surface area contributed by atoms with Gasteiger partial charge in [0, 0.05) is 6.42 Å². The molecule has 0 radical (unpaired) electrons. The smallest absolute Gasteiger partial charge is 0.268 e. The lowest BCUT2D eigenvalue weighted by Crippen LogP contribution is -2.46. The number of likely N-dealkylation sites (N-methyl/N-ethyl adjacent to an activating group) is 1. The van der Waals surface area contributed by atoms with E-state index in [4.69, 9.17) is 9.05 Å². The molecule has 336 valence electrons. The number of unbranched alkanes of at least 4 members (excludes halogenated alkanes) is 16. The van der Waals surface area contributed by atoms with Gasteiger partial charge in [0.05, 0.1) is 39.9 Å². The van der Waals surface area contributed by atoms with Crippen LogP contribution in [-0.2, 0) is 18.4 Å². The number of aliphatic hydroxyl groups is 1. The van der Waals surface area contributed by atoms with Gasteiger partial charge in [-0.2, -0.15) is 0 Å². The molecule has 1 amide bonds. The second-order valence-electron chi connectivity index (χ2n) is 16.7. The van der Waals surface area contributed by atoms with Crippen molar-refractivity contribution in [1.29, 1.82) is 0 Å². The summed E-state index contributed by atoms with van der Waals surface area (Å²) in [6.45, 7) is 4.56. The normalized spacial score (nSPS) is 14.9. The zero-order valence-electron chi connectivity index (χ0n) is 38.0. The Balaban J connectivity index is 4.45. The van der Waals surface area contributed by atoms with Crippen LogP contribution >= 0.6 is 7.82 Å². The van der Waals surface area contributed by atoms with Crippen molar-refractivity contribution in [1.82, 2.24) is 5.32 Å². The van der Waals surface area contributed by atoms with Gasteiger partial charge in [-0.25, -0.2) is 0 Å². The number of aliphatic hydroxyl groups excluding tert-OH is 1. The topological polar surface area (TPSA) is 108 Å². The van der Waals surface area contributed by atoms with Gasteiger partial charge in [0.2, 0.25) is 5.91 Å². The summed E-state index contributed by atoms with van der Waals surface area (Å²) in [5, 5.41) is 13.9. The fourth-order valence-electron chi connectivity index (χ4n) is 6.28. The SMILES string of the molecule is CC/C=C\C/C=C\C/C=C\C/C=C\C/C=C\C/C=C\CCCCC(=O)NC(COP(=O)([O-])OCC[N+](C)(C)C)C(O)CCCCCCCCCCCCCCCCC. The van der Waals surface area contributed by atoms with Gasteiger partial charge in [0.15, 0.2) is 0 Å². The van der Waals surface area contributed by atoms with Crippen LogP contribution in [0.2, 0.25) is 0 Å². The Bertz CT molecular complexity index is 1170. The van der Waals surface area contributed by atoms with Crippen molar-refractivity contribution < 1.29 is 32.9 Å². The van der Waals surface area contributed by atoms with E-state index < -0.39 is 20.0 Å². The highest BCUT2D eigenvalue weighted by molar-refractivity contribution is 7.45. The lowest BCUT2D eigenvalue weighted by Gasteiger charge is -2.30. The van der Waals surface area contributed by atoms with E-state index in [9.17, 15) is 19.4 Å². The van der Waals surface area contributed by atoms with Gasteiger partial charge >= 0.3 is 0 Å². The van der Waals surface area contributed by atoms with Crippen LogP contribution in [0.4, 0.5) is 0 Å². The third-order valence-corrected chi connectivity index (χ3v) is 10.9. The van der Waals surface area contributed by atoms with Gasteiger partial charge in [-0.1, -0.05) is 183 Å². The van der Waals surface area contributed by atoms with E-state index in [1.807, 2.05) is 21.1 Å². The second-order valence-corrected chi connectivity index (χ2v) is 18.1. The van der Waals surface area contributed by atoms with Crippen molar-refractivity contribution in [2.45, 2.75) is 193 Å². The molecule has 8 nitrogen and oxygen atoms in total. The first kappa shape index (κ1) is 55.9. The van der Waals surface area contributed by atoms with Crippen molar-refractivity contribution in [3.8, 4) is 0 Å². The molecule has 0 bridgehead atoms. The molecule has 0 saturated carbocycles. The third kappa shape index (κ3) is 42.1. The van der Waals surface area contributed by atoms with E-state index in [0.29, 0.717) is 30.3 Å². The van der Waals surface area contributed by atoms with Crippen molar-refractivity contribution in [3.63, 3.8) is 0 Å². The van der Waals surface area contributed by atoms with Crippen LogP contribution in [0.3, 0.4) is 0 Å². The van der Waals surface area contributed by atoms with Gasteiger partial charge in [0.25, 0.3) is 7.82 Å². The standard InChI is InChI=1S/C49H89N2O6P/c1-6-8-10-12-14-16-18-20-22-23-24-25-26-27-29-31-33-35-37-39-41-43-49(53)50-47(46-57-58(54,55)56-45-44-51(3,4)5)48(52)42-40-38-36-34-32-30-28-21-19-17-15-13-11-9-7-2/h8,10,14,16,20,22,24-25,27,29,33,35,47-48,52H,6-7,9,11-13,15,17-19,21,23,26,28,30-32,34,36-46H2,1-5H3,(H-,50,53,54,55)/b10-8-,16-14-,22-20-,25-24-,29-27-,35-33-. The molecule has 0 heterocycles. The summed E-state index contributed by atoms with van der Waals surface area (Å²) in [4.78, 5) is 25.4. The first-order valence-electron chi connectivity index (χ1n) is 23.3. The molecule has 0 rings (SSSR count). The lowest BCUT2D eigenvalue weighted by atomic mass is 10.0. The van der Waals surface area contributed by atoms with Crippen molar-refractivity contribution in [2.75, 3.05) is 40.9 Å². The number of nitrogens with zero attached hydrogens (tertiary/aromatic N) is 1. The van der Waals surface area contributed by atoms with E-state index in [1.54, 1.807) is 0 Å². The molecule has 0 aliphatic rings. The van der Waals surface area contributed by atoms with Gasteiger partial charge in [-0.05, 0) is 64.2 Å². The van der Waals surface area contributed by atoms with E-state index in [2.05, 4.69) is 92.1 Å². The van der Waals surface area contributed by atoms with Crippen LogP contribution in [0.5, 0.6) is 0 Å². The number of phosphoric ester groups is 1. The predicted molar refractivity (Wildman–Crippen MR) is 247 cm³/mol. The van der Waals surface area contributed by atoms with Gasteiger partial charge < -0.3 is 28.8 Å². The number of phosphoric acid groups is 1. The number of nitrogens with one attached hydrogen (secondary N) is 1. The molecule has 0 aromatic carbocycles. The van der Waals surface area contributed by atoms with Crippen molar-refractivity contribution in [3.05, 3.63) is 72.9 Å². The zero-order chi connectivity index (χ0) is 42.8. The minimum atomic E-state index is -4.58. The third-order valence-electron chi connectivity index (χ3n) is 9.96. The Morgan fingerprint density at radius 1 is 0.621 bits per heavy atom. The monoisotopic (exact) mass is 833 g/mol. The molecule has 0 aromatic heterocycles. The summed E-state index contributed by atoms with van der Waals surface area (Å²) >= 11 is 0. The van der Waals surface area contributed by atoms with Crippen LogP contribution < -0.4 is 10.2 Å². The molecule has 58 heavy (non-hydrogen) atoms. The summed E-state index contributed by atoms with van der Waals surface area (Å²) in [6.07, 6.45) is 53.3. The Morgan fingerprint density at radius 3 is 1.50 bits per heavy atom. The molecule has 2 N–H and O–H groups in total. The number of carbonyl (C=O) groups excluding carboxylic acids is 1. The minimum absolute atomic E-state index is 0.000251. The maximum Gasteiger partial charge on any atom is 0.268 e. The van der Waals surface area contributed by atoms with Gasteiger partial charge in [-0.15, -0.1) is 0 Å². The minimum Gasteiger partial charge on any atom is -0.756 e.